The predicted octanol–water partition coefficient (Wildman–Crippen LogP) is 6.17. The molecule has 1 amide bonds. The Balaban J connectivity index is 1.29. The number of hydrogen-bond acceptors (Lipinski definition) is 4. The van der Waals surface area contributed by atoms with Gasteiger partial charge in [0.15, 0.2) is 5.60 Å². The van der Waals surface area contributed by atoms with Crippen LogP contribution < -0.4 is 10.1 Å². The number of fused-ring (bicyclic) bond motifs is 3. The van der Waals surface area contributed by atoms with E-state index in [1.54, 1.807) is 6.07 Å². The van der Waals surface area contributed by atoms with Crippen LogP contribution in [-0.2, 0) is 18.3 Å². The Morgan fingerprint density at radius 2 is 1.85 bits per heavy atom. The maximum atomic E-state index is 13.8. The fourth-order valence-electron chi connectivity index (χ4n) is 7.09. The first-order valence-corrected chi connectivity index (χ1v) is 14.3. The number of nitrogens with one attached hydrogen (secondary N) is 1. The Morgan fingerprint density at radius 1 is 1.08 bits per heavy atom. The van der Waals surface area contributed by atoms with Crippen molar-refractivity contribution in [3.05, 3.63) is 65.2 Å². The van der Waals surface area contributed by atoms with Crippen LogP contribution in [0.1, 0.15) is 68.1 Å². The molecule has 2 fully saturated rings. The first kappa shape index (κ1) is 28.0. The van der Waals surface area contributed by atoms with E-state index in [4.69, 9.17) is 4.74 Å². The van der Waals surface area contributed by atoms with Gasteiger partial charge in [-0.3, -0.25) is 0 Å². The van der Waals surface area contributed by atoms with Gasteiger partial charge in [0.25, 0.3) is 0 Å². The van der Waals surface area contributed by atoms with Gasteiger partial charge in [0, 0.05) is 12.0 Å². The Morgan fingerprint density at radius 3 is 2.59 bits per heavy atom. The van der Waals surface area contributed by atoms with Gasteiger partial charge in [-0.1, -0.05) is 42.8 Å². The summed E-state index contributed by atoms with van der Waals surface area (Å²) in [5, 5.41) is 13.4. The molecule has 1 saturated carbocycles. The van der Waals surface area contributed by atoms with Gasteiger partial charge in [0.05, 0.1) is 0 Å². The fraction of sp³-hybridized carbons (Fsp3) is 0.581. The van der Waals surface area contributed by atoms with Gasteiger partial charge in [0.2, 0.25) is 0 Å². The van der Waals surface area contributed by atoms with E-state index in [0.717, 1.165) is 42.7 Å². The first-order chi connectivity index (χ1) is 18.7. The molecule has 5 rings (SSSR count). The van der Waals surface area contributed by atoms with E-state index in [1.165, 1.54) is 19.3 Å². The summed E-state index contributed by atoms with van der Waals surface area (Å²) >= 11 is 0. The number of ether oxygens (including phenoxy) is 1. The lowest BCUT2D eigenvalue weighted by Gasteiger charge is -2.53. The lowest BCUT2D eigenvalue weighted by Crippen LogP contribution is -2.56. The highest BCUT2D eigenvalue weighted by atomic mass is 19.4. The smallest absolute Gasteiger partial charge is 0.410 e. The second-order valence-corrected chi connectivity index (χ2v) is 11.7. The predicted molar refractivity (Wildman–Crippen MR) is 144 cm³/mol. The van der Waals surface area contributed by atoms with Crippen LogP contribution in [0.3, 0.4) is 0 Å². The summed E-state index contributed by atoms with van der Waals surface area (Å²) in [6.07, 6.45) is 0.874. The summed E-state index contributed by atoms with van der Waals surface area (Å²) in [5.74, 6) is 0.138. The second kappa shape index (κ2) is 11.5. The summed E-state index contributed by atoms with van der Waals surface area (Å²) in [6.45, 7) is 3.76. The molecule has 1 aliphatic heterocycles. The third kappa shape index (κ3) is 6.12. The van der Waals surface area contributed by atoms with Crippen molar-refractivity contribution in [2.24, 2.45) is 5.92 Å². The molecule has 3 aliphatic rings. The van der Waals surface area contributed by atoms with Crippen LogP contribution >= 0.6 is 0 Å². The molecule has 2 N–H and O–H groups in total. The lowest BCUT2D eigenvalue weighted by atomic mass is 9.52. The zero-order valence-electron chi connectivity index (χ0n) is 22.4. The van der Waals surface area contributed by atoms with Gasteiger partial charge in [-0.25, -0.2) is 4.79 Å². The number of rotatable bonds is 7. The van der Waals surface area contributed by atoms with Crippen LogP contribution in [0.25, 0.3) is 0 Å². The van der Waals surface area contributed by atoms with Gasteiger partial charge in [-0.2, -0.15) is 13.2 Å². The molecular formula is C31H39F3N2O3. The van der Waals surface area contributed by atoms with Crippen LogP contribution in [0.2, 0.25) is 0 Å². The van der Waals surface area contributed by atoms with Crippen molar-refractivity contribution in [3.8, 4) is 5.75 Å². The first-order valence-electron chi connectivity index (χ1n) is 14.3. The number of carbonyl (C=O) groups excluding carboxylic acids is 1. The normalized spacial score (nSPS) is 27.3. The zero-order valence-corrected chi connectivity index (χ0v) is 22.4. The number of likely N-dealkylation sites (tertiary alicyclic amines) is 1. The topological polar surface area (TPSA) is 61.8 Å². The standard InChI is InChI=1S/C31H39F3N2O3/c32-31(33,34)30(38)15-14-29(21-23-8-3-1-4-9-23)25(22-30)11-10-24-20-26(12-13-27(24)29)39-28(37)35-16-7-19-36-17-5-2-6-18-36/h1,3-4,8-9,12-13,20,25,38H,2,5-7,10-11,14-19,21-22H2,(H,35,37)/t25-,29+,30-/m1/s1. The molecule has 3 atom stereocenters. The van der Waals surface area contributed by atoms with E-state index < -0.39 is 23.3 Å². The van der Waals surface area contributed by atoms with Crippen molar-refractivity contribution in [1.82, 2.24) is 10.2 Å². The molecule has 0 unspecified atom stereocenters. The van der Waals surface area contributed by atoms with Crippen LogP contribution in [0.5, 0.6) is 5.75 Å². The zero-order chi connectivity index (χ0) is 27.5. The number of halogens is 3. The highest BCUT2D eigenvalue weighted by molar-refractivity contribution is 5.70. The van der Waals surface area contributed by atoms with Crippen molar-refractivity contribution in [1.29, 1.82) is 0 Å². The highest BCUT2D eigenvalue weighted by Gasteiger charge is 2.61. The van der Waals surface area contributed by atoms with E-state index in [9.17, 15) is 23.1 Å². The Hall–Kier alpha value is -2.58. The van der Waals surface area contributed by atoms with E-state index >= 15 is 0 Å². The number of aliphatic hydroxyl groups is 1. The van der Waals surface area contributed by atoms with Crippen molar-refractivity contribution in [2.75, 3.05) is 26.2 Å². The third-order valence-electron chi connectivity index (χ3n) is 9.20. The van der Waals surface area contributed by atoms with Gasteiger partial charge in [-0.15, -0.1) is 0 Å². The molecule has 212 valence electrons. The van der Waals surface area contributed by atoms with E-state index in [0.29, 0.717) is 31.6 Å². The number of benzene rings is 2. The van der Waals surface area contributed by atoms with Gasteiger partial charge < -0.3 is 20.1 Å². The van der Waals surface area contributed by atoms with Gasteiger partial charge in [0.1, 0.15) is 5.75 Å². The molecule has 0 spiro atoms. The molecule has 0 bridgehead atoms. The largest absolute Gasteiger partial charge is 0.417 e. The van der Waals surface area contributed by atoms with Crippen molar-refractivity contribution in [2.45, 2.75) is 81.4 Å². The monoisotopic (exact) mass is 544 g/mol. The van der Waals surface area contributed by atoms with Crippen LogP contribution in [0.4, 0.5) is 18.0 Å². The fourth-order valence-corrected chi connectivity index (χ4v) is 7.09. The molecule has 0 radical (unpaired) electrons. The average Bonchev–Trinajstić information content (AvgIpc) is 2.92. The lowest BCUT2D eigenvalue weighted by molar-refractivity contribution is -0.279. The van der Waals surface area contributed by atoms with E-state index in [1.807, 2.05) is 42.5 Å². The number of alkyl halides is 3. The summed E-state index contributed by atoms with van der Waals surface area (Å²) in [5.41, 5.74) is -0.0696. The van der Waals surface area contributed by atoms with Crippen LogP contribution in [0.15, 0.2) is 48.5 Å². The molecule has 5 nitrogen and oxygen atoms in total. The molecule has 1 heterocycles. The number of nitrogens with zero attached hydrogens (tertiary/aromatic N) is 1. The summed E-state index contributed by atoms with van der Waals surface area (Å²) < 4.78 is 47.0. The van der Waals surface area contributed by atoms with Crippen molar-refractivity contribution < 1.29 is 27.8 Å². The number of carbonyl (C=O) groups is 1. The average molecular weight is 545 g/mol. The highest BCUT2D eigenvalue weighted by Crippen LogP contribution is 2.57. The van der Waals surface area contributed by atoms with Gasteiger partial charge in [-0.05, 0) is 112 Å². The van der Waals surface area contributed by atoms with Crippen LogP contribution in [-0.4, -0.2) is 54.1 Å². The maximum absolute atomic E-state index is 13.8. The van der Waals surface area contributed by atoms with E-state index in [-0.39, 0.29) is 25.2 Å². The number of aryl methyl sites for hydroxylation is 1. The Kier molecular flexibility index (Phi) is 8.24. The minimum atomic E-state index is -4.65. The molecule has 2 aromatic rings. The Bertz CT molecular complexity index is 1140. The summed E-state index contributed by atoms with van der Waals surface area (Å²) in [7, 11) is 0. The molecule has 2 aliphatic carbocycles. The molecular weight excluding hydrogens is 505 g/mol. The van der Waals surface area contributed by atoms with Crippen molar-refractivity contribution >= 4 is 6.09 Å². The number of amides is 1. The third-order valence-corrected chi connectivity index (χ3v) is 9.20. The second-order valence-electron chi connectivity index (χ2n) is 11.7. The Labute approximate surface area is 228 Å². The van der Waals surface area contributed by atoms with Crippen molar-refractivity contribution in [3.63, 3.8) is 0 Å². The summed E-state index contributed by atoms with van der Waals surface area (Å²) in [6, 6.07) is 15.4. The van der Waals surface area contributed by atoms with Gasteiger partial charge >= 0.3 is 12.3 Å². The molecule has 2 aromatic carbocycles. The summed E-state index contributed by atoms with van der Waals surface area (Å²) in [4.78, 5) is 14.9. The molecule has 39 heavy (non-hydrogen) atoms. The van der Waals surface area contributed by atoms with Crippen LogP contribution in [0, 0.1) is 5.92 Å². The minimum Gasteiger partial charge on any atom is -0.410 e. The minimum absolute atomic E-state index is 0.243. The van der Waals surface area contributed by atoms with E-state index in [2.05, 4.69) is 10.2 Å². The number of hydrogen-bond donors (Lipinski definition) is 2. The maximum Gasteiger partial charge on any atom is 0.417 e. The molecule has 1 saturated heterocycles. The molecule has 8 heteroatoms. The number of piperidine rings is 1. The quantitative estimate of drug-likeness (QED) is 0.409. The SMILES string of the molecule is O=C(NCCCN1CCCCC1)Oc1ccc2c(c1)CC[C@@H]1C[C@@](O)(C(F)(F)F)CC[C@@]21Cc1ccccc1. The molecule has 0 aromatic heterocycles.